The summed E-state index contributed by atoms with van der Waals surface area (Å²) in [5, 5.41) is 7.94. The standard InChI is InChI=1S/C21H23N5/c1-25-19-11-7-6-10-18(19)24-21(25)20(16-8-4-3-5-9-16)22-14-12-17-13-15-23-26(17)2/h3-11,13,15,20,22H,12,14H2,1-2H3/t20-/m1/s1. The van der Waals surface area contributed by atoms with Gasteiger partial charge in [-0.25, -0.2) is 4.98 Å². The lowest BCUT2D eigenvalue weighted by Crippen LogP contribution is -2.27. The van der Waals surface area contributed by atoms with Gasteiger partial charge in [-0.2, -0.15) is 5.10 Å². The largest absolute Gasteiger partial charge is 0.330 e. The van der Waals surface area contributed by atoms with E-state index in [4.69, 9.17) is 4.98 Å². The van der Waals surface area contributed by atoms with Crippen LogP contribution in [0.2, 0.25) is 0 Å². The Labute approximate surface area is 153 Å². The summed E-state index contributed by atoms with van der Waals surface area (Å²) in [7, 11) is 4.07. The van der Waals surface area contributed by atoms with Crippen LogP contribution >= 0.6 is 0 Å². The molecule has 5 nitrogen and oxygen atoms in total. The van der Waals surface area contributed by atoms with Gasteiger partial charge in [-0.05, 0) is 23.8 Å². The van der Waals surface area contributed by atoms with Gasteiger partial charge in [-0.1, -0.05) is 42.5 Å². The maximum absolute atomic E-state index is 4.91. The SMILES string of the molecule is Cn1nccc1CCN[C@H](c1ccccc1)c1nc2ccccc2n1C. The number of nitrogens with one attached hydrogen (secondary N) is 1. The van der Waals surface area contributed by atoms with E-state index in [1.54, 1.807) is 0 Å². The molecule has 1 atom stereocenters. The molecule has 132 valence electrons. The summed E-state index contributed by atoms with van der Waals surface area (Å²) in [6.07, 6.45) is 2.76. The van der Waals surface area contributed by atoms with Crippen molar-refractivity contribution in [2.75, 3.05) is 6.54 Å². The zero-order valence-electron chi connectivity index (χ0n) is 15.1. The third-order valence-corrected chi connectivity index (χ3v) is 4.86. The van der Waals surface area contributed by atoms with Crippen LogP contribution in [-0.2, 0) is 20.5 Å². The molecule has 0 unspecified atom stereocenters. The molecule has 2 heterocycles. The normalized spacial score (nSPS) is 12.5. The molecule has 0 aliphatic heterocycles. The van der Waals surface area contributed by atoms with Crippen LogP contribution in [0.25, 0.3) is 11.0 Å². The molecule has 4 aromatic rings. The number of aromatic nitrogens is 4. The minimum atomic E-state index is 0.0434. The number of imidazole rings is 1. The van der Waals surface area contributed by atoms with Gasteiger partial charge in [-0.3, -0.25) is 4.68 Å². The number of hydrogen-bond acceptors (Lipinski definition) is 3. The van der Waals surface area contributed by atoms with E-state index in [9.17, 15) is 0 Å². The highest BCUT2D eigenvalue weighted by molar-refractivity contribution is 5.76. The Morgan fingerprint density at radius 3 is 2.46 bits per heavy atom. The van der Waals surface area contributed by atoms with Crippen molar-refractivity contribution in [1.29, 1.82) is 0 Å². The summed E-state index contributed by atoms with van der Waals surface area (Å²) in [5.74, 6) is 1.03. The van der Waals surface area contributed by atoms with Crippen molar-refractivity contribution < 1.29 is 0 Å². The Kier molecular flexibility index (Phi) is 4.54. The van der Waals surface area contributed by atoms with Gasteiger partial charge in [0.25, 0.3) is 0 Å². The molecule has 0 saturated heterocycles. The molecule has 0 bridgehead atoms. The van der Waals surface area contributed by atoms with E-state index in [1.807, 2.05) is 30.1 Å². The highest BCUT2D eigenvalue weighted by Gasteiger charge is 2.20. The van der Waals surface area contributed by atoms with Crippen LogP contribution in [0.5, 0.6) is 0 Å². The van der Waals surface area contributed by atoms with Gasteiger partial charge in [0.1, 0.15) is 5.82 Å². The predicted octanol–water partition coefficient (Wildman–Crippen LogP) is 3.23. The van der Waals surface area contributed by atoms with Gasteiger partial charge in [0, 0.05) is 39.0 Å². The molecule has 4 rings (SSSR count). The second-order valence-electron chi connectivity index (χ2n) is 6.51. The summed E-state index contributed by atoms with van der Waals surface area (Å²) >= 11 is 0. The second kappa shape index (κ2) is 7.14. The number of hydrogen-bond donors (Lipinski definition) is 1. The average Bonchev–Trinajstić information content (AvgIpc) is 3.23. The first-order valence-corrected chi connectivity index (χ1v) is 8.90. The van der Waals surface area contributed by atoms with Crippen molar-refractivity contribution in [2.24, 2.45) is 14.1 Å². The smallest absolute Gasteiger partial charge is 0.131 e. The molecular weight excluding hydrogens is 322 g/mol. The Bertz CT molecular complexity index is 1000. The van der Waals surface area contributed by atoms with Crippen molar-refractivity contribution >= 4 is 11.0 Å². The molecular formula is C21H23N5. The van der Waals surface area contributed by atoms with Crippen molar-refractivity contribution in [3.8, 4) is 0 Å². The molecule has 26 heavy (non-hydrogen) atoms. The van der Waals surface area contributed by atoms with Gasteiger partial charge in [0.05, 0.1) is 17.1 Å². The van der Waals surface area contributed by atoms with Crippen molar-refractivity contribution in [2.45, 2.75) is 12.5 Å². The highest BCUT2D eigenvalue weighted by atomic mass is 15.3. The molecule has 2 aromatic carbocycles. The Morgan fingerprint density at radius 1 is 0.962 bits per heavy atom. The Balaban J connectivity index is 1.64. The maximum atomic E-state index is 4.91. The van der Waals surface area contributed by atoms with Crippen LogP contribution in [0, 0.1) is 0 Å². The second-order valence-corrected chi connectivity index (χ2v) is 6.51. The predicted molar refractivity (Wildman–Crippen MR) is 104 cm³/mol. The lowest BCUT2D eigenvalue weighted by atomic mass is 10.1. The molecule has 2 aromatic heterocycles. The van der Waals surface area contributed by atoms with Crippen molar-refractivity contribution in [3.63, 3.8) is 0 Å². The van der Waals surface area contributed by atoms with E-state index in [1.165, 1.54) is 11.3 Å². The Morgan fingerprint density at radius 2 is 1.73 bits per heavy atom. The zero-order chi connectivity index (χ0) is 17.9. The number of aryl methyl sites for hydroxylation is 2. The number of rotatable bonds is 6. The average molecular weight is 345 g/mol. The monoisotopic (exact) mass is 345 g/mol. The van der Waals surface area contributed by atoms with Crippen LogP contribution in [0.1, 0.15) is 23.1 Å². The number of para-hydroxylation sites is 2. The van der Waals surface area contributed by atoms with Gasteiger partial charge < -0.3 is 9.88 Å². The van der Waals surface area contributed by atoms with E-state index in [2.05, 4.69) is 70.6 Å². The van der Waals surface area contributed by atoms with Crippen LogP contribution in [-0.4, -0.2) is 25.9 Å². The molecule has 0 fully saturated rings. The minimum Gasteiger partial charge on any atom is -0.330 e. The van der Waals surface area contributed by atoms with Crippen LogP contribution in [0.15, 0.2) is 66.9 Å². The molecule has 0 aliphatic carbocycles. The summed E-state index contributed by atoms with van der Waals surface area (Å²) in [6.45, 7) is 0.850. The molecule has 5 heteroatoms. The molecule has 0 spiro atoms. The van der Waals surface area contributed by atoms with E-state index < -0.39 is 0 Å². The Hall–Kier alpha value is -2.92. The van der Waals surface area contributed by atoms with Crippen molar-refractivity contribution in [3.05, 3.63) is 83.9 Å². The quantitative estimate of drug-likeness (QED) is 0.584. The van der Waals surface area contributed by atoms with Gasteiger partial charge in [0.15, 0.2) is 0 Å². The van der Waals surface area contributed by atoms with Gasteiger partial charge >= 0.3 is 0 Å². The van der Waals surface area contributed by atoms with E-state index in [-0.39, 0.29) is 6.04 Å². The maximum Gasteiger partial charge on any atom is 0.131 e. The zero-order valence-corrected chi connectivity index (χ0v) is 15.1. The van der Waals surface area contributed by atoms with E-state index in [0.29, 0.717) is 0 Å². The lowest BCUT2D eigenvalue weighted by molar-refractivity contribution is 0.554. The first-order chi connectivity index (χ1) is 12.7. The molecule has 0 amide bonds. The summed E-state index contributed by atoms with van der Waals surface area (Å²) in [6, 6.07) is 20.9. The van der Waals surface area contributed by atoms with E-state index in [0.717, 1.165) is 29.8 Å². The fourth-order valence-corrected chi connectivity index (χ4v) is 3.42. The summed E-state index contributed by atoms with van der Waals surface area (Å²) < 4.78 is 4.11. The fourth-order valence-electron chi connectivity index (χ4n) is 3.42. The topological polar surface area (TPSA) is 47.7 Å². The number of fused-ring (bicyclic) bond motifs is 1. The van der Waals surface area contributed by atoms with Crippen LogP contribution < -0.4 is 5.32 Å². The molecule has 1 N–H and O–H groups in total. The fraction of sp³-hybridized carbons (Fsp3) is 0.238. The number of nitrogens with zero attached hydrogens (tertiary/aromatic N) is 4. The lowest BCUT2D eigenvalue weighted by Gasteiger charge is -2.19. The first-order valence-electron chi connectivity index (χ1n) is 8.90. The summed E-state index contributed by atoms with van der Waals surface area (Å²) in [4.78, 5) is 4.91. The minimum absolute atomic E-state index is 0.0434. The van der Waals surface area contributed by atoms with Crippen LogP contribution in [0.3, 0.4) is 0 Å². The van der Waals surface area contributed by atoms with Gasteiger partial charge in [0.2, 0.25) is 0 Å². The van der Waals surface area contributed by atoms with E-state index >= 15 is 0 Å². The third kappa shape index (κ3) is 3.13. The van der Waals surface area contributed by atoms with Crippen LogP contribution in [0.4, 0.5) is 0 Å². The van der Waals surface area contributed by atoms with Crippen molar-refractivity contribution in [1.82, 2.24) is 24.6 Å². The summed E-state index contributed by atoms with van der Waals surface area (Å²) in [5.41, 5.74) is 4.61. The third-order valence-electron chi connectivity index (χ3n) is 4.86. The molecule has 0 saturated carbocycles. The first kappa shape index (κ1) is 16.5. The van der Waals surface area contributed by atoms with Gasteiger partial charge in [-0.15, -0.1) is 0 Å². The molecule has 0 radical (unpaired) electrons. The number of benzene rings is 2. The highest BCUT2D eigenvalue weighted by Crippen LogP contribution is 2.24. The molecule has 0 aliphatic rings.